The van der Waals surface area contributed by atoms with Crippen LogP contribution in [0.3, 0.4) is 0 Å². The molecule has 0 saturated carbocycles. The van der Waals surface area contributed by atoms with Gasteiger partial charge in [0.25, 0.3) is 0 Å². The Hall–Kier alpha value is -0.680. The molecule has 112 valence electrons. The quantitative estimate of drug-likeness (QED) is 0.905. The lowest BCUT2D eigenvalue weighted by Gasteiger charge is -2.37. The van der Waals surface area contributed by atoms with Crippen LogP contribution in [0.2, 0.25) is 5.02 Å². The first-order valence-electron chi connectivity index (χ1n) is 7.12. The zero-order valence-electron chi connectivity index (χ0n) is 12.0. The van der Waals surface area contributed by atoms with Gasteiger partial charge in [0.1, 0.15) is 5.82 Å². The first kappa shape index (κ1) is 15.7. The van der Waals surface area contributed by atoms with Crippen molar-refractivity contribution in [3.63, 3.8) is 0 Å². The summed E-state index contributed by atoms with van der Waals surface area (Å²) in [6.45, 7) is 5.73. The molecule has 0 spiro atoms. The SMILES string of the molecule is CCCN1CCOC(C(NC)c2cc(F)ccc2Cl)C1. The monoisotopic (exact) mass is 300 g/mol. The van der Waals surface area contributed by atoms with E-state index in [1.807, 2.05) is 7.05 Å². The third-order valence-electron chi connectivity index (χ3n) is 3.69. The Kier molecular flexibility index (Phi) is 5.78. The molecule has 1 aromatic rings. The summed E-state index contributed by atoms with van der Waals surface area (Å²) in [7, 11) is 1.86. The van der Waals surface area contributed by atoms with Crippen molar-refractivity contribution in [3.8, 4) is 0 Å². The van der Waals surface area contributed by atoms with E-state index >= 15 is 0 Å². The molecule has 0 amide bonds. The molecule has 0 bridgehead atoms. The number of ether oxygens (including phenoxy) is 1. The highest BCUT2D eigenvalue weighted by molar-refractivity contribution is 6.31. The molecule has 3 nitrogen and oxygen atoms in total. The summed E-state index contributed by atoms with van der Waals surface area (Å²) in [5.74, 6) is -0.272. The fourth-order valence-corrected chi connectivity index (χ4v) is 2.98. The highest BCUT2D eigenvalue weighted by Gasteiger charge is 2.29. The van der Waals surface area contributed by atoms with Crippen LogP contribution < -0.4 is 5.32 Å². The molecule has 1 saturated heterocycles. The van der Waals surface area contributed by atoms with Crippen molar-refractivity contribution in [2.75, 3.05) is 33.3 Å². The Balaban J connectivity index is 2.16. The summed E-state index contributed by atoms with van der Waals surface area (Å²) in [5, 5.41) is 3.79. The van der Waals surface area contributed by atoms with Crippen LogP contribution in [0.15, 0.2) is 18.2 Å². The van der Waals surface area contributed by atoms with Crippen molar-refractivity contribution < 1.29 is 9.13 Å². The van der Waals surface area contributed by atoms with Gasteiger partial charge in [-0.15, -0.1) is 0 Å². The number of hydrogen-bond donors (Lipinski definition) is 1. The molecular formula is C15H22ClFN2O. The zero-order valence-corrected chi connectivity index (χ0v) is 12.8. The van der Waals surface area contributed by atoms with E-state index < -0.39 is 0 Å². The maximum atomic E-state index is 13.5. The Morgan fingerprint density at radius 3 is 3.05 bits per heavy atom. The molecule has 5 heteroatoms. The van der Waals surface area contributed by atoms with Crippen molar-refractivity contribution >= 4 is 11.6 Å². The van der Waals surface area contributed by atoms with Gasteiger partial charge in [0.2, 0.25) is 0 Å². The fraction of sp³-hybridized carbons (Fsp3) is 0.600. The van der Waals surface area contributed by atoms with Crippen molar-refractivity contribution in [2.24, 2.45) is 0 Å². The number of likely N-dealkylation sites (N-methyl/N-ethyl adjacent to an activating group) is 1. The number of benzene rings is 1. The predicted molar refractivity (Wildman–Crippen MR) is 79.7 cm³/mol. The van der Waals surface area contributed by atoms with E-state index in [-0.39, 0.29) is 18.0 Å². The largest absolute Gasteiger partial charge is 0.374 e. The number of rotatable bonds is 5. The predicted octanol–water partition coefficient (Wildman–Crippen LogP) is 2.85. The van der Waals surface area contributed by atoms with Crippen molar-refractivity contribution in [1.82, 2.24) is 10.2 Å². The summed E-state index contributed by atoms with van der Waals surface area (Å²) >= 11 is 6.21. The molecule has 2 unspecified atom stereocenters. The van der Waals surface area contributed by atoms with Gasteiger partial charge in [0.05, 0.1) is 18.8 Å². The van der Waals surface area contributed by atoms with Gasteiger partial charge in [-0.3, -0.25) is 4.90 Å². The van der Waals surface area contributed by atoms with Crippen LogP contribution in [-0.2, 0) is 4.74 Å². The van der Waals surface area contributed by atoms with Crippen molar-refractivity contribution in [2.45, 2.75) is 25.5 Å². The zero-order chi connectivity index (χ0) is 14.5. The van der Waals surface area contributed by atoms with Crippen LogP contribution in [0.4, 0.5) is 4.39 Å². The van der Waals surface area contributed by atoms with Crippen LogP contribution in [0.25, 0.3) is 0 Å². The Morgan fingerprint density at radius 2 is 2.35 bits per heavy atom. The molecular weight excluding hydrogens is 279 g/mol. The molecule has 1 aliphatic rings. The van der Waals surface area contributed by atoms with Crippen LogP contribution in [0.1, 0.15) is 24.9 Å². The number of nitrogens with zero attached hydrogens (tertiary/aromatic N) is 1. The number of halogens is 2. The summed E-state index contributed by atoms with van der Waals surface area (Å²) in [6.07, 6.45) is 1.11. The van der Waals surface area contributed by atoms with E-state index in [4.69, 9.17) is 16.3 Å². The molecule has 0 radical (unpaired) electrons. The highest BCUT2D eigenvalue weighted by atomic mass is 35.5. The van der Waals surface area contributed by atoms with E-state index in [0.29, 0.717) is 11.6 Å². The van der Waals surface area contributed by atoms with Crippen molar-refractivity contribution in [3.05, 3.63) is 34.6 Å². The average Bonchev–Trinajstić information content (AvgIpc) is 2.44. The van der Waals surface area contributed by atoms with Gasteiger partial charge in [0.15, 0.2) is 0 Å². The second-order valence-electron chi connectivity index (χ2n) is 5.14. The minimum absolute atomic E-state index is 0.0143. The molecule has 1 aliphatic heterocycles. The maximum Gasteiger partial charge on any atom is 0.123 e. The van der Waals surface area contributed by atoms with Gasteiger partial charge < -0.3 is 10.1 Å². The summed E-state index contributed by atoms with van der Waals surface area (Å²) in [6, 6.07) is 4.37. The minimum atomic E-state index is -0.272. The lowest BCUT2D eigenvalue weighted by atomic mass is 9.99. The van der Waals surface area contributed by atoms with Crippen LogP contribution in [-0.4, -0.2) is 44.3 Å². The van der Waals surface area contributed by atoms with Crippen LogP contribution >= 0.6 is 11.6 Å². The van der Waals surface area contributed by atoms with E-state index in [1.54, 1.807) is 6.07 Å². The molecule has 2 atom stereocenters. The number of nitrogens with one attached hydrogen (secondary N) is 1. The van der Waals surface area contributed by atoms with Crippen LogP contribution in [0.5, 0.6) is 0 Å². The third-order valence-corrected chi connectivity index (χ3v) is 4.04. The topological polar surface area (TPSA) is 24.5 Å². The van der Waals surface area contributed by atoms with Gasteiger partial charge in [-0.2, -0.15) is 0 Å². The average molecular weight is 301 g/mol. The van der Waals surface area contributed by atoms with E-state index in [0.717, 1.165) is 31.6 Å². The number of morpholine rings is 1. The van der Waals surface area contributed by atoms with Gasteiger partial charge in [-0.05, 0) is 43.8 Å². The third kappa shape index (κ3) is 3.70. The molecule has 1 heterocycles. The lowest BCUT2D eigenvalue weighted by molar-refractivity contribution is -0.0459. The van der Waals surface area contributed by atoms with Gasteiger partial charge >= 0.3 is 0 Å². The van der Waals surface area contributed by atoms with E-state index in [1.165, 1.54) is 12.1 Å². The fourth-order valence-electron chi connectivity index (χ4n) is 2.75. The summed E-state index contributed by atoms with van der Waals surface area (Å²) in [4.78, 5) is 2.38. The molecule has 20 heavy (non-hydrogen) atoms. The Morgan fingerprint density at radius 1 is 1.55 bits per heavy atom. The Bertz CT molecular complexity index is 442. The van der Waals surface area contributed by atoms with E-state index in [9.17, 15) is 4.39 Å². The second-order valence-corrected chi connectivity index (χ2v) is 5.55. The van der Waals surface area contributed by atoms with Crippen molar-refractivity contribution in [1.29, 1.82) is 0 Å². The molecule has 1 aromatic carbocycles. The van der Waals surface area contributed by atoms with Gasteiger partial charge in [-0.25, -0.2) is 4.39 Å². The molecule has 0 aromatic heterocycles. The highest BCUT2D eigenvalue weighted by Crippen LogP contribution is 2.28. The molecule has 1 fully saturated rings. The number of hydrogen-bond acceptors (Lipinski definition) is 3. The molecule has 2 rings (SSSR count). The van der Waals surface area contributed by atoms with Gasteiger partial charge in [-0.1, -0.05) is 18.5 Å². The Labute approximate surface area is 125 Å². The molecule has 1 N–H and O–H groups in total. The van der Waals surface area contributed by atoms with Gasteiger partial charge in [0, 0.05) is 18.1 Å². The van der Waals surface area contributed by atoms with E-state index in [2.05, 4.69) is 17.1 Å². The first-order valence-corrected chi connectivity index (χ1v) is 7.49. The normalized spacial score (nSPS) is 21.9. The standard InChI is InChI=1S/C15H22ClFN2O/c1-3-6-19-7-8-20-14(10-19)15(18-2)12-9-11(17)4-5-13(12)16/h4-5,9,14-15,18H,3,6-8,10H2,1-2H3. The minimum Gasteiger partial charge on any atom is -0.374 e. The molecule has 0 aliphatic carbocycles. The summed E-state index contributed by atoms with van der Waals surface area (Å²) < 4.78 is 19.3. The smallest absolute Gasteiger partial charge is 0.123 e. The summed E-state index contributed by atoms with van der Waals surface area (Å²) in [5.41, 5.74) is 0.762. The first-order chi connectivity index (χ1) is 9.65. The maximum absolute atomic E-state index is 13.5. The second kappa shape index (κ2) is 7.36. The van der Waals surface area contributed by atoms with Crippen LogP contribution in [0, 0.1) is 5.82 Å². The lowest BCUT2D eigenvalue weighted by Crippen LogP contribution is -2.47.